The number of hydrogen-bond donors (Lipinski definition) is 3. The first kappa shape index (κ1) is 23.3. The van der Waals surface area contributed by atoms with Gasteiger partial charge < -0.3 is 26.1 Å². The van der Waals surface area contributed by atoms with Gasteiger partial charge in [-0.05, 0) is 37.1 Å². The molecular weight excluding hydrogens is 432 g/mol. The third-order valence-electron chi connectivity index (χ3n) is 5.69. The number of rotatable bonds is 8. The van der Waals surface area contributed by atoms with E-state index in [-0.39, 0.29) is 23.2 Å². The van der Waals surface area contributed by atoms with Crippen LogP contribution in [0.15, 0.2) is 59.7 Å². The third-order valence-corrected chi connectivity index (χ3v) is 5.69. The number of pyridine rings is 1. The summed E-state index contributed by atoms with van der Waals surface area (Å²) in [5, 5.41) is 3.08. The molecule has 0 saturated carbocycles. The molecule has 0 bridgehead atoms. The zero-order valence-electron chi connectivity index (χ0n) is 19.0. The zero-order chi connectivity index (χ0) is 24.1. The van der Waals surface area contributed by atoms with Crippen LogP contribution in [0.3, 0.4) is 0 Å². The Bertz CT molecular complexity index is 1260. The minimum Gasteiger partial charge on any atom is -0.398 e. The summed E-state index contributed by atoms with van der Waals surface area (Å²) < 4.78 is 7.24. The van der Waals surface area contributed by atoms with Crippen molar-refractivity contribution < 1.29 is 9.53 Å². The Labute approximate surface area is 197 Å². The number of ether oxygens (including phenoxy) is 1. The number of hydrogen-bond acceptors (Lipinski definition) is 8. The topological polar surface area (TPSA) is 138 Å². The molecule has 34 heavy (non-hydrogen) atoms. The lowest BCUT2D eigenvalue weighted by Gasteiger charge is -2.13. The molecule has 0 spiro atoms. The molecule has 5 N–H and O–H groups in total. The van der Waals surface area contributed by atoms with Crippen LogP contribution < -0.4 is 22.3 Å². The van der Waals surface area contributed by atoms with Crippen molar-refractivity contribution in [2.24, 2.45) is 5.73 Å². The molecule has 1 fully saturated rings. The van der Waals surface area contributed by atoms with Gasteiger partial charge in [-0.25, -0.2) is 9.97 Å². The summed E-state index contributed by atoms with van der Waals surface area (Å²) in [5.41, 5.74) is 15.2. The summed E-state index contributed by atoms with van der Waals surface area (Å²) in [5.74, 6) is -0.439. The molecule has 9 heteroatoms. The molecule has 176 valence electrons. The Morgan fingerprint density at radius 1 is 1.26 bits per heavy atom. The van der Waals surface area contributed by atoms with Crippen LogP contribution in [0.5, 0.6) is 0 Å². The Kier molecular flexibility index (Phi) is 7.15. The summed E-state index contributed by atoms with van der Waals surface area (Å²) in [6.07, 6.45) is 6.41. The normalized spacial score (nSPS) is 16.0. The van der Waals surface area contributed by atoms with Gasteiger partial charge in [-0.3, -0.25) is 9.59 Å². The molecule has 0 radical (unpaired) electrons. The fraction of sp³-hybridized carbons (Fsp3) is 0.280. The quantitative estimate of drug-likeness (QED) is 0.343. The van der Waals surface area contributed by atoms with Gasteiger partial charge in [0.2, 0.25) is 5.78 Å². The van der Waals surface area contributed by atoms with Crippen LogP contribution in [0.4, 0.5) is 5.82 Å². The van der Waals surface area contributed by atoms with Gasteiger partial charge in [-0.1, -0.05) is 24.3 Å². The van der Waals surface area contributed by atoms with Crippen LogP contribution in [0.25, 0.3) is 17.0 Å². The lowest BCUT2D eigenvalue weighted by Crippen LogP contribution is -2.25. The van der Waals surface area contributed by atoms with E-state index < -0.39 is 5.78 Å². The van der Waals surface area contributed by atoms with Crippen molar-refractivity contribution in [1.82, 2.24) is 19.9 Å². The van der Waals surface area contributed by atoms with E-state index in [1.165, 1.54) is 18.3 Å². The molecule has 1 saturated heterocycles. The Morgan fingerprint density at radius 2 is 2.06 bits per heavy atom. The maximum atomic E-state index is 12.9. The van der Waals surface area contributed by atoms with Gasteiger partial charge in [0.15, 0.2) is 11.5 Å². The van der Waals surface area contributed by atoms with Crippen molar-refractivity contribution >= 4 is 17.3 Å². The van der Waals surface area contributed by atoms with Crippen LogP contribution in [0.1, 0.15) is 34.5 Å². The van der Waals surface area contributed by atoms with Crippen molar-refractivity contribution in [3.05, 3.63) is 82.0 Å². The smallest absolute Gasteiger partial charge is 0.250 e. The van der Waals surface area contributed by atoms with Gasteiger partial charge in [-0.15, -0.1) is 0 Å². The predicted octanol–water partition coefficient (Wildman–Crippen LogP) is 1.97. The van der Waals surface area contributed by atoms with E-state index >= 15 is 0 Å². The minimum absolute atomic E-state index is 0.00382. The van der Waals surface area contributed by atoms with E-state index in [9.17, 15) is 9.59 Å². The molecule has 4 rings (SSSR count). The number of benzene rings is 1. The molecule has 2 aromatic heterocycles. The first-order valence-corrected chi connectivity index (χ1v) is 11.1. The van der Waals surface area contributed by atoms with Crippen molar-refractivity contribution in [2.75, 3.05) is 19.4 Å². The molecule has 1 aromatic carbocycles. The molecular formula is C25H28N6O3. The summed E-state index contributed by atoms with van der Waals surface area (Å²) in [7, 11) is 1.87. The lowest BCUT2D eigenvalue weighted by molar-refractivity contribution is 0.0962. The standard InChI is InChI=1S/C25H28N6O3/c1-28-12-16-4-6-17(7-5-16)20(26)11-22(32)24-25(27)29-13-21(30-24)18-8-9-23(33)31(14-18)15-19-3-2-10-34-19/h4-9,11,13-14,19,28H,2-3,10,12,15,26H2,1H3,(H2,27,29). The van der Waals surface area contributed by atoms with E-state index in [1.54, 1.807) is 16.8 Å². The summed E-state index contributed by atoms with van der Waals surface area (Å²) in [6.45, 7) is 1.92. The minimum atomic E-state index is -0.448. The number of aromatic nitrogens is 3. The highest BCUT2D eigenvalue weighted by atomic mass is 16.5. The fourth-order valence-corrected chi connectivity index (χ4v) is 3.86. The maximum absolute atomic E-state index is 12.9. The van der Waals surface area contributed by atoms with Crippen LogP contribution in [-0.4, -0.2) is 40.1 Å². The SMILES string of the molecule is CNCc1ccc(C(N)=CC(=O)c2nc(-c3ccc(=O)n(CC4CCCO4)c3)cnc2N)cc1. The van der Waals surface area contributed by atoms with Gasteiger partial charge in [0.05, 0.1) is 24.5 Å². The van der Waals surface area contributed by atoms with Crippen molar-refractivity contribution in [3.63, 3.8) is 0 Å². The number of carbonyl (C=O) groups excluding carboxylic acids is 1. The zero-order valence-corrected chi connectivity index (χ0v) is 19.0. The first-order chi connectivity index (χ1) is 16.4. The number of anilines is 1. The van der Waals surface area contributed by atoms with Crippen molar-refractivity contribution in [2.45, 2.75) is 32.0 Å². The van der Waals surface area contributed by atoms with Crippen LogP contribution >= 0.6 is 0 Å². The van der Waals surface area contributed by atoms with Gasteiger partial charge in [0.1, 0.15) is 0 Å². The van der Waals surface area contributed by atoms with Crippen molar-refractivity contribution in [3.8, 4) is 11.3 Å². The highest BCUT2D eigenvalue weighted by molar-refractivity contribution is 6.09. The fourth-order valence-electron chi connectivity index (χ4n) is 3.86. The van der Waals surface area contributed by atoms with E-state index in [4.69, 9.17) is 16.2 Å². The third kappa shape index (κ3) is 5.38. The summed E-state index contributed by atoms with van der Waals surface area (Å²) >= 11 is 0. The molecule has 0 amide bonds. The monoisotopic (exact) mass is 460 g/mol. The predicted molar refractivity (Wildman–Crippen MR) is 131 cm³/mol. The molecule has 1 atom stereocenters. The molecule has 3 heterocycles. The number of nitrogen functional groups attached to an aromatic ring is 1. The number of ketones is 1. The van der Waals surface area contributed by atoms with E-state index in [1.807, 2.05) is 31.3 Å². The van der Waals surface area contributed by atoms with Crippen LogP contribution in [-0.2, 0) is 17.8 Å². The molecule has 3 aromatic rings. The maximum Gasteiger partial charge on any atom is 0.250 e. The molecule has 9 nitrogen and oxygen atoms in total. The van der Waals surface area contributed by atoms with E-state index in [0.29, 0.717) is 30.1 Å². The van der Waals surface area contributed by atoms with Gasteiger partial charge in [0.25, 0.3) is 5.56 Å². The highest BCUT2D eigenvalue weighted by Crippen LogP contribution is 2.20. The van der Waals surface area contributed by atoms with Crippen LogP contribution in [0.2, 0.25) is 0 Å². The van der Waals surface area contributed by atoms with Crippen molar-refractivity contribution in [1.29, 1.82) is 0 Å². The molecule has 0 aliphatic carbocycles. The average Bonchev–Trinajstić information content (AvgIpc) is 3.34. The summed E-state index contributed by atoms with van der Waals surface area (Å²) in [6, 6.07) is 10.7. The van der Waals surface area contributed by atoms with Gasteiger partial charge in [-0.2, -0.15) is 0 Å². The Morgan fingerprint density at radius 3 is 2.76 bits per heavy atom. The Balaban J connectivity index is 1.58. The Hall–Kier alpha value is -3.82. The molecule has 1 aliphatic heterocycles. The summed E-state index contributed by atoms with van der Waals surface area (Å²) in [4.78, 5) is 33.8. The molecule has 1 aliphatic rings. The number of nitrogens with one attached hydrogen (secondary N) is 1. The first-order valence-electron chi connectivity index (χ1n) is 11.1. The lowest BCUT2D eigenvalue weighted by atomic mass is 10.1. The second-order valence-electron chi connectivity index (χ2n) is 8.22. The van der Waals surface area contributed by atoms with Crippen LogP contribution in [0, 0.1) is 0 Å². The van der Waals surface area contributed by atoms with Gasteiger partial charge >= 0.3 is 0 Å². The number of nitrogens with zero attached hydrogens (tertiary/aromatic N) is 3. The highest BCUT2D eigenvalue weighted by Gasteiger charge is 2.18. The van der Waals surface area contributed by atoms with E-state index in [0.717, 1.165) is 30.5 Å². The van der Waals surface area contributed by atoms with Gasteiger partial charge in [0, 0.05) is 42.8 Å². The largest absolute Gasteiger partial charge is 0.398 e. The second kappa shape index (κ2) is 10.4. The number of nitrogens with two attached hydrogens (primary N) is 2. The second-order valence-corrected chi connectivity index (χ2v) is 8.22. The average molecular weight is 461 g/mol. The number of carbonyl (C=O) groups is 1. The number of allylic oxidation sites excluding steroid dienone is 1. The van der Waals surface area contributed by atoms with E-state index in [2.05, 4.69) is 15.3 Å². The molecule has 1 unspecified atom stereocenters.